The summed E-state index contributed by atoms with van der Waals surface area (Å²) < 4.78 is 1.28. The summed E-state index contributed by atoms with van der Waals surface area (Å²) in [6, 6.07) is 16.1. The van der Waals surface area contributed by atoms with Gasteiger partial charge in [0.2, 0.25) is 0 Å². The van der Waals surface area contributed by atoms with E-state index in [4.69, 9.17) is 0 Å². The number of hydrogen-bond acceptors (Lipinski definition) is 3. The van der Waals surface area contributed by atoms with Gasteiger partial charge in [0, 0.05) is 11.6 Å². The summed E-state index contributed by atoms with van der Waals surface area (Å²) in [6.07, 6.45) is 7.26. The molecule has 5 nitrogen and oxygen atoms in total. The van der Waals surface area contributed by atoms with E-state index in [0.29, 0.717) is 0 Å². The number of anilines is 1. The normalized spacial score (nSPS) is 13.0. The summed E-state index contributed by atoms with van der Waals surface area (Å²) in [5, 5.41) is 2.51. The van der Waals surface area contributed by atoms with Gasteiger partial charge in [-0.25, -0.2) is 0 Å². The maximum absolute atomic E-state index is 11.3. The monoisotopic (exact) mass is 591 g/mol. The summed E-state index contributed by atoms with van der Waals surface area (Å²) in [4.78, 5) is 26.8. The Balaban J connectivity index is 0.000000172. The summed E-state index contributed by atoms with van der Waals surface area (Å²) in [6.45, 7) is 6.06. The number of aryl methyl sites for hydroxylation is 1. The topological polar surface area (TPSA) is 62.3 Å². The van der Waals surface area contributed by atoms with Crippen LogP contribution in [0.2, 0.25) is 0 Å². The molecule has 1 aliphatic rings. The van der Waals surface area contributed by atoms with Crippen LogP contribution < -0.4 is 13.6 Å². The number of carbonyl (C=O) groups is 2. The molecule has 0 unspecified atom stereocenters. The molecule has 1 aliphatic heterocycles. The Bertz CT molecular complexity index is 1060. The summed E-state index contributed by atoms with van der Waals surface area (Å²) in [5.74, 6) is -0.439. The fourth-order valence-corrected chi connectivity index (χ4v) is 4.02. The Morgan fingerprint density at radius 1 is 1.17 bits per heavy atom. The van der Waals surface area contributed by atoms with Crippen LogP contribution in [0.3, 0.4) is 0 Å². The van der Waals surface area contributed by atoms with E-state index in [1.165, 1.54) is 37.5 Å². The Kier molecular flexibility index (Phi) is 7.73. The fraction of sp³-hybridized carbons (Fsp3) is 0.208. The van der Waals surface area contributed by atoms with Gasteiger partial charge in [-0.2, -0.15) is 0 Å². The van der Waals surface area contributed by atoms with E-state index in [-0.39, 0.29) is 18.2 Å². The van der Waals surface area contributed by atoms with Crippen LogP contribution in [0.4, 0.5) is 5.69 Å². The fourth-order valence-electron chi connectivity index (χ4n) is 3.28. The first-order valence-corrected chi connectivity index (χ1v) is 12.2. The standard InChI is InChI=1S/C15H17N.C9H7N2O2.Tl/c1-3-5-7-13-10-9-12(4-2)14-8-6-11-16-15(13)14;12-8-6-9(13)11(10-8)7-4-2-1-3-5-7;/h4,6,8-11H,2-3,5,7H2,1H3;2-5H,6H2,(H,10,12);. The number of rotatable bonds is 5. The Morgan fingerprint density at radius 3 is 2.57 bits per heavy atom. The maximum atomic E-state index is 11.3. The SMILES string of the molecule is C=Cc1ccc(CCCC)c2ncccc12.O=C1CC(=O)N(c2cc[c]([Tl])cc2)N1. The average Bonchev–Trinajstić information content (AvgIpc) is 3.11. The molecule has 2 heterocycles. The van der Waals surface area contributed by atoms with Gasteiger partial charge in [0.05, 0.1) is 5.52 Å². The molecule has 1 saturated heterocycles. The molecular formula is C24H24N3O2Tl. The minimum absolute atomic E-state index is 0.0512. The molecular weight excluding hydrogens is 567 g/mol. The Morgan fingerprint density at radius 2 is 1.93 bits per heavy atom. The van der Waals surface area contributed by atoms with E-state index < -0.39 is 0 Å². The second kappa shape index (κ2) is 10.5. The molecule has 1 aromatic heterocycles. The number of hydrazine groups is 1. The quantitative estimate of drug-likeness (QED) is 0.366. The van der Waals surface area contributed by atoms with Crippen molar-refractivity contribution in [3.63, 3.8) is 0 Å². The van der Waals surface area contributed by atoms with Crippen LogP contribution in [-0.4, -0.2) is 42.6 Å². The zero-order valence-corrected chi connectivity index (χ0v) is 21.6. The van der Waals surface area contributed by atoms with Crippen molar-refractivity contribution >= 4 is 63.4 Å². The zero-order valence-electron chi connectivity index (χ0n) is 17.1. The molecule has 30 heavy (non-hydrogen) atoms. The second-order valence-corrected chi connectivity index (χ2v) is 9.65. The number of aromatic nitrogens is 1. The van der Waals surface area contributed by atoms with Crippen LogP contribution in [0.5, 0.6) is 0 Å². The number of nitrogens with zero attached hydrogens (tertiary/aromatic N) is 2. The number of amides is 2. The summed E-state index contributed by atoms with van der Waals surface area (Å²) in [7, 11) is 0. The molecule has 3 aromatic rings. The van der Waals surface area contributed by atoms with Gasteiger partial charge in [-0.05, 0) is 30.0 Å². The molecule has 0 atom stereocenters. The third-order valence-electron chi connectivity index (χ3n) is 4.86. The van der Waals surface area contributed by atoms with Crippen LogP contribution in [-0.2, 0) is 16.0 Å². The van der Waals surface area contributed by atoms with Gasteiger partial charge in [0.25, 0.3) is 0 Å². The van der Waals surface area contributed by atoms with Crippen molar-refractivity contribution in [3.8, 4) is 0 Å². The molecule has 0 spiro atoms. The van der Waals surface area contributed by atoms with Gasteiger partial charge in [-0.15, -0.1) is 0 Å². The average molecular weight is 591 g/mol. The van der Waals surface area contributed by atoms with E-state index in [2.05, 4.69) is 42.1 Å². The van der Waals surface area contributed by atoms with Crippen molar-refractivity contribution in [1.29, 1.82) is 0 Å². The number of carbonyl (C=O) groups excluding carboxylic acids is 2. The van der Waals surface area contributed by atoms with Gasteiger partial charge < -0.3 is 0 Å². The first-order valence-electron chi connectivity index (χ1n) is 10.0. The van der Waals surface area contributed by atoms with E-state index >= 15 is 0 Å². The molecule has 4 rings (SSSR count). The van der Waals surface area contributed by atoms with E-state index in [0.717, 1.165) is 43.4 Å². The molecule has 6 heteroatoms. The van der Waals surface area contributed by atoms with Crippen molar-refractivity contribution in [1.82, 2.24) is 10.4 Å². The predicted molar refractivity (Wildman–Crippen MR) is 123 cm³/mol. The third kappa shape index (κ3) is 5.33. The van der Waals surface area contributed by atoms with Gasteiger partial charge in [0.1, 0.15) is 0 Å². The zero-order chi connectivity index (χ0) is 21.5. The van der Waals surface area contributed by atoms with Crippen LogP contribution in [0, 0.1) is 0 Å². The van der Waals surface area contributed by atoms with Gasteiger partial charge in [-0.3, -0.25) is 4.98 Å². The number of unbranched alkanes of at least 4 members (excludes halogenated alkanes) is 1. The first-order chi connectivity index (χ1) is 14.5. The number of hydrogen-bond donors (Lipinski definition) is 1. The Hall–Kier alpha value is -2.55. The molecule has 150 valence electrons. The second-order valence-electron chi connectivity index (χ2n) is 7.05. The van der Waals surface area contributed by atoms with Gasteiger partial charge in [-0.1, -0.05) is 44.2 Å². The molecule has 2 amide bonds. The summed E-state index contributed by atoms with van der Waals surface area (Å²) >= 11 is 0.790. The Labute approximate surface area is 192 Å². The molecule has 0 bridgehead atoms. The van der Waals surface area contributed by atoms with Crippen LogP contribution in [0.1, 0.15) is 37.3 Å². The first kappa shape index (κ1) is 22.1. The third-order valence-corrected chi connectivity index (χ3v) is 6.35. The molecule has 0 aliphatic carbocycles. The van der Waals surface area contributed by atoms with Crippen molar-refractivity contribution in [2.24, 2.45) is 0 Å². The van der Waals surface area contributed by atoms with Crippen LogP contribution in [0.25, 0.3) is 17.0 Å². The minimum atomic E-state index is -0.244. The van der Waals surface area contributed by atoms with Gasteiger partial charge >= 0.3 is 97.1 Å². The van der Waals surface area contributed by atoms with Crippen molar-refractivity contribution in [2.45, 2.75) is 32.6 Å². The number of nitrogens with one attached hydrogen (secondary N) is 1. The van der Waals surface area contributed by atoms with Crippen molar-refractivity contribution in [2.75, 3.05) is 5.01 Å². The number of pyridine rings is 1. The summed E-state index contributed by atoms with van der Waals surface area (Å²) in [5.41, 5.74) is 6.88. The van der Waals surface area contributed by atoms with Crippen molar-refractivity contribution in [3.05, 3.63) is 72.4 Å². The molecule has 0 saturated carbocycles. The van der Waals surface area contributed by atoms with Crippen LogP contribution >= 0.6 is 0 Å². The molecule has 0 radical (unpaired) electrons. The van der Waals surface area contributed by atoms with Crippen LogP contribution in [0.15, 0.2) is 61.3 Å². The van der Waals surface area contributed by atoms with Gasteiger partial charge in [0.15, 0.2) is 0 Å². The van der Waals surface area contributed by atoms with E-state index in [1.54, 1.807) is 0 Å². The van der Waals surface area contributed by atoms with E-state index in [9.17, 15) is 9.59 Å². The molecule has 2 aromatic carbocycles. The number of fused-ring (bicyclic) bond motifs is 1. The predicted octanol–water partition coefficient (Wildman–Crippen LogP) is 3.47. The van der Waals surface area contributed by atoms with Crippen molar-refractivity contribution < 1.29 is 9.59 Å². The molecule has 1 N–H and O–H groups in total. The number of benzene rings is 2. The molecule has 1 fully saturated rings. The van der Waals surface area contributed by atoms with E-state index in [1.807, 2.05) is 42.6 Å².